The van der Waals surface area contributed by atoms with Gasteiger partial charge in [-0.15, -0.1) is 0 Å². The highest BCUT2D eigenvalue weighted by Gasteiger charge is 2.44. The lowest BCUT2D eigenvalue weighted by Gasteiger charge is -2.24. The monoisotopic (exact) mass is 501 g/mol. The van der Waals surface area contributed by atoms with E-state index >= 15 is 0 Å². The molecule has 1 heterocycles. The lowest BCUT2D eigenvalue weighted by Crippen LogP contribution is -2.40. The number of hydrogen-bond acceptors (Lipinski definition) is 8. The van der Waals surface area contributed by atoms with Crippen LogP contribution in [-0.2, 0) is 38.2 Å². The Bertz CT molecular complexity index is 700. The fraction of sp³-hybridized carbons (Fsp3) is 0.833. The summed E-state index contributed by atoms with van der Waals surface area (Å²) in [6, 6.07) is 0. The van der Waals surface area contributed by atoms with Gasteiger partial charge in [0.25, 0.3) is 0 Å². The van der Waals surface area contributed by atoms with Crippen molar-refractivity contribution in [2.75, 3.05) is 52.8 Å². The largest absolute Gasteiger partial charge is 0.379 e. The van der Waals surface area contributed by atoms with Crippen LogP contribution in [-0.4, -0.2) is 86.9 Å². The molecule has 0 spiro atoms. The topological polar surface area (TPSA) is 132 Å². The third-order valence-corrected chi connectivity index (χ3v) is 5.10. The highest BCUT2D eigenvalue weighted by Crippen LogP contribution is 2.35. The summed E-state index contributed by atoms with van der Waals surface area (Å²) < 4.78 is 16.1. The third-order valence-electron chi connectivity index (χ3n) is 5.10. The van der Waals surface area contributed by atoms with Crippen molar-refractivity contribution in [2.24, 2.45) is 11.3 Å². The molecular weight excluding hydrogens is 458 g/mol. The van der Waals surface area contributed by atoms with Gasteiger partial charge in [-0.3, -0.25) is 28.9 Å². The van der Waals surface area contributed by atoms with Gasteiger partial charge in [0.2, 0.25) is 23.6 Å². The van der Waals surface area contributed by atoms with Gasteiger partial charge < -0.3 is 19.5 Å². The molecule has 1 unspecified atom stereocenters. The van der Waals surface area contributed by atoms with Crippen LogP contribution in [0.3, 0.4) is 0 Å². The van der Waals surface area contributed by atoms with E-state index in [4.69, 9.17) is 19.0 Å². The zero-order valence-corrected chi connectivity index (χ0v) is 22.1. The van der Waals surface area contributed by atoms with Gasteiger partial charge in [-0.1, -0.05) is 20.8 Å². The van der Waals surface area contributed by atoms with Crippen LogP contribution in [0.25, 0.3) is 0 Å². The van der Waals surface area contributed by atoms with Crippen molar-refractivity contribution < 1.29 is 38.2 Å². The Labute approximate surface area is 208 Å². The maximum Gasteiger partial charge on any atom is 0.245 e. The molecule has 202 valence electrons. The summed E-state index contributed by atoms with van der Waals surface area (Å²) >= 11 is 0. The number of hydroxylamine groups is 1. The molecule has 1 rings (SSSR count). The van der Waals surface area contributed by atoms with E-state index in [9.17, 15) is 19.2 Å². The van der Waals surface area contributed by atoms with Crippen LogP contribution in [0.1, 0.15) is 60.8 Å². The van der Waals surface area contributed by atoms with Crippen molar-refractivity contribution in [2.45, 2.75) is 66.3 Å². The second-order valence-corrected chi connectivity index (χ2v) is 10.5. The average Bonchev–Trinajstić information content (AvgIpc) is 3.02. The highest BCUT2D eigenvalue weighted by molar-refractivity contribution is 6.04. The summed E-state index contributed by atoms with van der Waals surface area (Å²) in [4.78, 5) is 54.2. The van der Waals surface area contributed by atoms with Gasteiger partial charge in [0.05, 0.1) is 52.2 Å². The van der Waals surface area contributed by atoms with Gasteiger partial charge in [-0.05, 0) is 26.2 Å². The molecule has 0 aromatic carbocycles. The lowest BCUT2D eigenvalue weighted by molar-refractivity contribution is -0.141. The quantitative estimate of drug-likeness (QED) is 0.183. The predicted octanol–water partition coefficient (Wildman–Crippen LogP) is 1.20. The van der Waals surface area contributed by atoms with Crippen LogP contribution in [0.4, 0.5) is 0 Å². The molecule has 0 saturated carbocycles. The Balaban J connectivity index is 1.95. The number of likely N-dealkylation sites (tertiary alicyclic amines) is 1. The van der Waals surface area contributed by atoms with Crippen LogP contribution in [0.5, 0.6) is 0 Å². The number of nitrogens with zero attached hydrogens (tertiary/aromatic N) is 1. The minimum atomic E-state index is -0.413. The number of imide groups is 1. The molecule has 0 aromatic rings. The molecule has 1 aliphatic heterocycles. The molecule has 35 heavy (non-hydrogen) atoms. The maximum absolute atomic E-state index is 12.4. The fourth-order valence-electron chi connectivity index (χ4n) is 3.28. The Hall–Kier alpha value is -2.08. The lowest BCUT2D eigenvalue weighted by atomic mass is 9.80. The average molecular weight is 502 g/mol. The number of rotatable bonds is 16. The van der Waals surface area contributed by atoms with Gasteiger partial charge >= 0.3 is 0 Å². The molecular formula is C24H43N3O8. The van der Waals surface area contributed by atoms with Gasteiger partial charge in [0.15, 0.2) is 0 Å². The smallest absolute Gasteiger partial charge is 0.245 e. The van der Waals surface area contributed by atoms with E-state index in [1.54, 1.807) is 0 Å². The first kappa shape index (κ1) is 31.0. The molecule has 1 saturated heterocycles. The third kappa shape index (κ3) is 13.6. The molecule has 1 atom stereocenters. The first-order chi connectivity index (χ1) is 16.3. The Morgan fingerprint density at radius 2 is 1.37 bits per heavy atom. The van der Waals surface area contributed by atoms with Crippen molar-refractivity contribution >= 4 is 23.6 Å². The SMILES string of the molecule is CC(C)(C)NC(=O)CCOCCOCCOCCONC(=O)CCN1C(=O)CC(C(C)(C)C)C1=O. The number of carbonyl (C=O) groups excluding carboxylic acids is 4. The van der Waals surface area contributed by atoms with Crippen molar-refractivity contribution in [1.29, 1.82) is 0 Å². The van der Waals surface area contributed by atoms with Crippen LogP contribution in [0.15, 0.2) is 0 Å². The molecule has 2 N–H and O–H groups in total. The Kier molecular flexibility index (Phi) is 13.4. The van der Waals surface area contributed by atoms with Gasteiger partial charge in [-0.25, -0.2) is 5.48 Å². The second-order valence-electron chi connectivity index (χ2n) is 10.5. The Morgan fingerprint density at radius 1 is 0.829 bits per heavy atom. The predicted molar refractivity (Wildman–Crippen MR) is 128 cm³/mol. The standard InChI is InChI=1S/C24H43N3O8/c1-23(2,3)18-17-21(30)27(22(18)31)9-7-20(29)26-35-16-15-34-14-13-33-12-11-32-10-8-19(28)25-24(4,5)6/h18H,7-17H2,1-6H3,(H,25,28)(H,26,29). The Morgan fingerprint density at radius 3 is 1.89 bits per heavy atom. The molecule has 0 aromatic heterocycles. The molecule has 11 heteroatoms. The van der Waals surface area contributed by atoms with Gasteiger partial charge in [-0.2, -0.15) is 0 Å². The highest BCUT2D eigenvalue weighted by atomic mass is 16.7. The number of hydrogen-bond donors (Lipinski definition) is 2. The van der Waals surface area contributed by atoms with Gasteiger partial charge in [0, 0.05) is 31.3 Å². The molecule has 0 bridgehead atoms. The molecule has 0 radical (unpaired) electrons. The summed E-state index contributed by atoms with van der Waals surface area (Å²) in [5, 5.41) is 2.87. The van der Waals surface area contributed by atoms with E-state index in [-0.39, 0.29) is 67.2 Å². The van der Waals surface area contributed by atoms with E-state index in [0.717, 1.165) is 4.90 Å². The zero-order valence-electron chi connectivity index (χ0n) is 22.1. The second kappa shape index (κ2) is 15.1. The minimum absolute atomic E-state index is 0.0215. The molecule has 1 fully saturated rings. The van der Waals surface area contributed by atoms with Crippen molar-refractivity contribution in [3.8, 4) is 0 Å². The summed E-state index contributed by atoms with van der Waals surface area (Å²) in [7, 11) is 0. The zero-order chi connectivity index (χ0) is 26.5. The van der Waals surface area contributed by atoms with E-state index in [1.165, 1.54) is 0 Å². The number of carbonyl (C=O) groups is 4. The first-order valence-electron chi connectivity index (χ1n) is 12.1. The van der Waals surface area contributed by atoms with Crippen LogP contribution >= 0.6 is 0 Å². The van der Waals surface area contributed by atoms with E-state index in [0.29, 0.717) is 39.5 Å². The van der Waals surface area contributed by atoms with Crippen molar-refractivity contribution in [3.05, 3.63) is 0 Å². The molecule has 4 amide bonds. The number of amides is 4. The summed E-state index contributed by atoms with van der Waals surface area (Å²) in [5.74, 6) is -1.27. The number of nitrogens with one attached hydrogen (secondary N) is 2. The van der Waals surface area contributed by atoms with Gasteiger partial charge in [0.1, 0.15) is 0 Å². The van der Waals surface area contributed by atoms with Crippen molar-refractivity contribution in [1.82, 2.24) is 15.7 Å². The van der Waals surface area contributed by atoms with E-state index < -0.39 is 5.91 Å². The fourth-order valence-corrected chi connectivity index (χ4v) is 3.28. The normalized spacial score (nSPS) is 16.6. The summed E-state index contributed by atoms with van der Waals surface area (Å²) in [5.41, 5.74) is 1.74. The first-order valence-corrected chi connectivity index (χ1v) is 12.1. The summed E-state index contributed by atoms with van der Waals surface area (Å²) in [6.45, 7) is 13.9. The molecule has 11 nitrogen and oxygen atoms in total. The molecule has 1 aliphatic rings. The summed E-state index contributed by atoms with van der Waals surface area (Å²) in [6.07, 6.45) is 0.473. The van der Waals surface area contributed by atoms with Crippen LogP contribution in [0, 0.1) is 11.3 Å². The van der Waals surface area contributed by atoms with Crippen LogP contribution in [0.2, 0.25) is 0 Å². The van der Waals surface area contributed by atoms with E-state index in [1.807, 2.05) is 41.5 Å². The minimum Gasteiger partial charge on any atom is -0.379 e. The maximum atomic E-state index is 12.4. The van der Waals surface area contributed by atoms with E-state index in [2.05, 4.69) is 10.8 Å². The molecule has 0 aliphatic carbocycles. The van der Waals surface area contributed by atoms with Crippen molar-refractivity contribution in [3.63, 3.8) is 0 Å². The number of ether oxygens (including phenoxy) is 3. The van der Waals surface area contributed by atoms with Crippen LogP contribution < -0.4 is 10.8 Å².